The van der Waals surface area contributed by atoms with Gasteiger partial charge >= 0.3 is 0 Å². The molecule has 0 aromatic carbocycles. The van der Waals surface area contributed by atoms with E-state index < -0.39 is 106 Å². The molecular weight excluding hydrogens is 1040 g/mol. The van der Waals surface area contributed by atoms with Gasteiger partial charge in [-0.25, -0.2) is 0 Å². The van der Waals surface area contributed by atoms with Crippen molar-refractivity contribution in [2.24, 2.45) is 17.8 Å². The largest absolute Gasteiger partial charge is 0.390 e. The second-order valence-corrected chi connectivity index (χ2v) is 25.1. The minimum Gasteiger partial charge on any atom is -0.390 e. The number of hydrogen-bond donors (Lipinski definition) is 10. The van der Waals surface area contributed by atoms with Crippen molar-refractivity contribution in [2.75, 3.05) is 33.7 Å². The van der Waals surface area contributed by atoms with Crippen molar-refractivity contribution in [1.82, 2.24) is 57.7 Å². The van der Waals surface area contributed by atoms with Crippen LogP contribution in [0.1, 0.15) is 194 Å². The number of amides is 10. The molecular formula is C59H107N11O11. The van der Waals surface area contributed by atoms with Gasteiger partial charge in [0.2, 0.25) is 59.1 Å². The molecule has 0 aromatic heterocycles. The molecule has 7 atom stereocenters. The number of hydrogen-bond acceptors (Lipinski definition) is 12. The fourth-order valence-electron chi connectivity index (χ4n) is 9.22. The lowest BCUT2D eigenvalue weighted by molar-refractivity contribution is -0.140. The van der Waals surface area contributed by atoms with Crippen LogP contribution < -0.4 is 47.9 Å². The molecule has 10 amide bonds. The highest BCUT2D eigenvalue weighted by atomic mass is 16.3. The molecule has 0 aromatic rings. The Morgan fingerprint density at radius 3 is 1.73 bits per heavy atom. The van der Waals surface area contributed by atoms with Crippen LogP contribution in [0, 0.1) is 17.8 Å². The van der Waals surface area contributed by atoms with Gasteiger partial charge in [-0.2, -0.15) is 0 Å². The first-order valence-corrected chi connectivity index (χ1v) is 29.7. The summed E-state index contributed by atoms with van der Waals surface area (Å²) in [5.74, 6) is -6.95. The minimum atomic E-state index is -1.75. The zero-order valence-electron chi connectivity index (χ0n) is 52.4. The number of likely N-dealkylation sites (tertiary alicyclic amines) is 1. The number of carbonyl (C=O) groups is 10. The number of allylic oxidation sites excluding steroid dienone is 1. The van der Waals surface area contributed by atoms with Crippen molar-refractivity contribution in [3.63, 3.8) is 0 Å². The summed E-state index contributed by atoms with van der Waals surface area (Å²) >= 11 is 0. The summed E-state index contributed by atoms with van der Waals surface area (Å²) in [6.45, 7) is 26.4. The predicted octanol–water partition coefficient (Wildman–Crippen LogP) is 3.39. The van der Waals surface area contributed by atoms with Gasteiger partial charge < -0.3 is 62.8 Å². The molecule has 0 radical (unpaired) electrons. The smallest absolute Gasteiger partial charge is 0.246 e. The standard InChI is InChI=1S/C59H107N11O11/c1-18-20-22-23-24-26-28-41(62-52(77)44-29-27-33-70(44)46(72)30-25-21-19-2)49(74)65-47(48(73)39(7)8)53(78)67-58(12,13)55(80)64-42(34-37(3)4)50(75)63-43(35-38(5)6)51(76)66-59(14,15)56(81)68-57(10,11)54(79)60-32-31-45(71)61-40(9)36-69(16)17/h25,30,37-44,47-48,73H,18-24,26-29,31-36H2,1-17H3,(H,60,79)(H,61,71)(H,62,77)(H,63,75)(H,64,80)(H,65,74)(H,66,76)(H,67,78)(H,68,81)/b30-25+/t40?,41?,42?,43?,44-,47?,48?/m0/s1. The molecule has 0 aliphatic carbocycles. The van der Waals surface area contributed by atoms with Crippen LogP contribution in [0.25, 0.3) is 0 Å². The fraction of sp³-hybridized carbons (Fsp3) is 0.797. The maximum atomic E-state index is 14.3. The molecule has 1 saturated heterocycles. The molecule has 6 unspecified atom stereocenters. The van der Waals surface area contributed by atoms with Crippen LogP contribution >= 0.6 is 0 Å². The third-order valence-corrected chi connectivity index (χ3v) is 14.0. The summed E-state index contributed by atoms with van der Waals surface area (Å²) < 4.78 is 0. The van der Waals surface area contributed by atoms with E-state index in [1.807, 2.05) is 60.5 Å². The average molecular weight is 1150 g/mol. The number of unbranched alkanes of at least 4 members (excludes halogenated alkanes) is 6. The SMILES string of the molecule is CCC/C=C/C(=O)N1CCC[C@H]1C(=O)NC(CCCCCCCC)C(=O)NC(C(=O)NC(C)(C)C(=O)NC(CC(C)C)C(=O)NC(CC(C)C)C(=O)NC(C)(C)C(=O)NC(C)(C)C(=O)NCCC(=O)NC(C)CN(C)C)C(O)C(C)C. The number of nitrogens with zero attached hydrogens (tertiary/aromatic N) is 2. The van der Waals surface area contributed by atoms with Crippen LogP contribution in [0.5, 0.6) is 0 Å². The Bertz CT molecular complexity index is 2110. The molecule has 1 heterocycles. The molecule has 22 heteroatoms. The van der Waals surface area contributed by atoms with E-state index in [2.05, 4.69) is 54.8 Å². The lowest BCUT2D eigenvalue weighted by Crippen LogP contribution is -2.66. The van der Waals surface area contributed by atoms with E-state index in [0.29, 0.717) is 38.8 Å². The molecule has 1 aliphatic rings. The summed E-state index contributed by atoms with van der Waals surface area (Å²) in [7, 11) is 3.79. The summed E-state index contributed by atoms with van der Waals surface area (Å²) in [5, 5.41) is 36.1. The Morgan fingerprint density at radius 2 is 1.16 bits per heavy atom. The normalized spacial score (nSPS) is 16.3. The van der Waals surface area contributed by atoms with E-state index in [1.54, 1.807) is 19.9 Å². The minimum absolute atomic E-state index is 0.0214. The van der Waals surface area contributed by atoms with E-state index in [1.165, 1.54) is 52.5 Å². The highest BCUT2D eigenvalue weighted by molar-refractivity contribution is 6.00. The molecule has 1 fully saturated rings. The first-order valence-electron chi connectivity index (χ1n) is 29.7. The quantitative estimate of drug-likeness (QED) is 0.0317. The van der Waals surface area contributed by atoms with E-state index in [4.69, 9.17) is 0 Å². The maximum absolute atomic E-state index is 14.3. The molecule has 10 N–H and O–H groups in total. The first kappa shape index (κ1) is 73.4. The number of nitrogens with one attached hydrogen (secondary N) is 9. The highest BCUT2D eigenvalue weighted by Gasteiger charge is 2.42. The van der Waals surface area contributed by atoms with Crippen molar-refractivity contribution in [3.8, 4) is 0 Å². The van der Waals surface area contributed by atoms with Crippen LogP contribution in [0.3, 0.4) is 0 Å². The zero-order chi connectivity index (χ0) is 62.0. The Kier molecular flexibility index (Phi) is 32.0. The van der Waals surface area contributed by atoms with Gasteiger partial charge in [-0.1, -0.05) is 106 Å². The topological polar surface area (TPSA) is 306 Å². The van der Waals surface area contributed by atoms with Crippen LogP contribution in [-0.4, -0.2) is 167 Å². The average Bonchev–Trinajstić information content (AvgIpc) is 3.85. The van der Waals surface area contributed by atoms with Gasteiger partial charge in [0.15, 0.2) is 0 Å². The van der Waals surface area contributed by atoms with Crippen LogP contribution in [0.2, 0.25) is 0 Å². The molecule has 81 heavy (non-hydrogen) atoms. The van der Waals surface area contributed by atoms with Gasteiger partial charge in [0.25, 0.3) is 0 Å². The van der Waals surface area contributed by atoms with Crippen LogP contribution in [-0.2, 0) is 47.9 Å². The van der Waals surface area contributed by atoms with Gasteiger partial charge in [-0.05, 0) is 125 Å². The van der Waals surface area contributed by atoms with E-state index in [9.17, 15) is 53.1 Å². The molecule has 1 rings (SSSR count). The van der Waals surface area contributed by atoms with E-state index >= 15 is 0 Å². The fourth-order valence-corrected chi connectivity index (χ4v) is 9.22. The zero-order valence-corrected chi connectivity index (χ0v) is 52.4. The monoisotopic (exact) mass is 1150 g/mol. The lowest BCUT2D eigenvalue weighted by atomic mass is 9.95. The molecule has 0 saturated carbocycles. The molecule has 0 bridgehead atoms. The van der Waals surface area contributed by atoms with Crippen LogP contribution in [0.4, 0.5) is 0 Å². The first-order chi connectivity index (χ1) is 37.6. The molecule has 464 valence electrons. The Morgan fingerprint density at radius 1 is 0.617 bits per heavy atom. The second kappa shape index (κ2) is 35.4. The third-order valence-electron chi connectivity index (χ3n) is 14.0. The van der Waals surface area contributed by atoms with Gasteiger partial charge in [0.1, 0.15) is 46.8 Å². The number of aliphatic hydroxyl groups is 1. The summed E-state index contributed by atoms with van der Waals surface area (Å²) in [4.78, 5) is 141. The second-order valence-electron chi connectivity index (χ2n) is 25.1. The van der Waals surface area contributed by atoms with Gasteiger partial charge in [0, 0.05) is 32.1 Å². The van der Waals surface area contributed by atoms with E-state index in [0.717, 1.165) is 38.5 Å². The van der Waals surface area contributed by atoms with Gasteiger partial charge in [0.05, 0.1) is 6.10 Å². The Balaban J connectivity index is 3.31. The highest BCUT2D eigenvalue weighted by Crippen LogP contribution is 2.20. The molecule has 1 aliphatic heterocycles. The summed E-state index contributed by atoms with van der Waals surface area (Å²) in [6, 6.07) is -6.01. The summed E-state index contributed by atoms with van der Waals surface area (Å²) in [6.07, 6.45) is 10.3. The van der Waals surface area contributed by atoms with Crippen molar-refractivity contribution in [3.05, 3.63) is 12.2 Å². The third kappa shape index (κ3) is 26.9. The molecule has 22 nitrogen and oxygen atoms in total. The summed E-state index contributed by atoms with van der Waals surface area (Å²) in [5.41, 5.74) is -4.81. The number of carbonyl (C=O) groups excluding carboxylic acids is 10. The van der Waals surface area contributed by atoms with Crippen molar-refractivity contribution < 1.29 is 53.1 Å². The van der Waals surface area contributed by atoms with E-state index in [-0.39, 0.29) is 61.9 Å². The Labute approximate surface area is 484 Å². The Hall–Kier alpha value is -5.64. The lowest BCUT2D eigenvalue weighted by Gasteiger charge is -2.34. The van der Waals surface area contributed by atoms with Crippen molar-refractivity contribution >= 4 is 59.1 Å². The number of likely N-dealkylation sites (N-methyl/N-ethyl adjacent to an activating group) is 1. The maximum Gasteiger partial charge on any atom is 0.246 e. The van der Waals surface area contributed by atoms with Crippen LogP contribution in [0.15, 0.2) is 12.2 Å². The number of rotatable bonds is 37. The van der Waals surface area contributed by atoms with Crippen molar-refractivity contribution in [1.29, 1.82) is 0 Å². The van der Waals surface area contributed by atoms with Crippen molar-refractivity contribution in [2.45, 2.75) is 253 Å². The van der Waals surface area contributed by atoms with Gasteiger partial charge in [-0.3, -0.25) is 47.9 Å². The molecule has 0 spiro atoms. The number of aliphatic hydroxyl groups excluding tert-OH is 1. The predicted molar refractivity (Wildman–Crippen MR) is 315 cm³/mol. The van der Waals surface area contributed by atoms with Gasteiger partial charge in [-0.15, -0.1) is 0 Å².